The Morgan fingerprint density at radius 3 is 2.97 bits per heavy atom. The van der Waals surface area contributed by atoms with Gasteiger partial charge in [0.2, 0.25) is 0 Å². The number of ether oxygens (including phenoxy) is 1. The van der Waals surface area contributed by atoms with Crippen LogP contribution in [0.25, 0.3) is 0 Å². The lowest BCUT2D eigenvalue weighted by molar-refractivity contribution is 0.0601. The molecule has 0 amide bonds. The third-order valence-corrected chi connectivity index (χ3v) is 6.57. The number of anilines is 2. The smallest absolute Gasteiger partial charge is 0.341 e. The molecule has 1 aromatic carbocycles. The zero-order valence-electron chi connectivity index (χ0n) is 16.0. The van der Waals surface area contributed by atoms with Crippen molar-refractivity contribution in [2.24, 2.45) is 0 Å². The van der Waals surface area contributed by atoms with E-state index in [1.807, 2.05) is 0 Å². The van der Waals surface area contributed by atoms with Crippen molar-refractivity contribution in [3.8, 4) is 0 Å². The van der Waals surface area contributed by atoms with E-state index in [9.17, 15) is 9.18 Å². The van der Waals surface area contributed by atoms with Gasteiger partial charge in [-0.1, -0.05) is 17.7 Å². The van der Waals surface area contributed by atoms with Crippen LogP contribution in [0.1, 0.15) is 32.8 Å². The lowest BCUT2D eigenvalue weighted by atomic mass is 10.1. The van der Waals surface area contributed by atoms with Gasteiger partial charge in [-0.2, -0.15) is 5.10 Å². The van der Waals surface area contributed by atoms with Gasteiger partial charge in [0.25, 0.3) is 0 Å². The van der Waals surface area contributed by atoms with Crippen LogP contribution in [-0.4, -0.2) is 28.0 Å². The predicted molar refractivity (Wildman–Crippen MR) is 120 cm³/mol. The summed E-state index contributed by atoms with van der Waals surface area (Å²) in [5, 5.41) is 11.8. The number of carbonyl (C=O) groups excluding carboxylic acids is 1. The molecule has 0 saturated heterocycles. The monoisotopic (exact) mass is 464 g/mol. The Morgan fingerprint density at radius 2 is 2.20 bits per heavy atom. The number of rotatable bonds is 5. The summed E-state index contributed by atoms with van der Waals surface area (Å²) < 4.78 is 20.5. The van der Waals surface area contributed by atoms with E-state index in [0.717, 1.165) is 24.8 Å². The summed E-state index contributed by atoms with van der Waals surface area (Å²) in [5.41, 5.74) is 1.97. The second-order valence-corrected chi connectivity index (χ2v) is 8.65. The summed E-state index contributed by atoms with van der Waals surface area (Å²) in [6.07, 6.45) is 4.56. The molecular weight excluding hydrogens is 447 g/mol. The molecule has 0 radical (unpaired) electrons. The van der Waals surface area contributed by atoms with Gasteiger partial charge < -0.3 is 15.4 Å². The zero-order valence-corrected chi connectivity index (χ0v) is 18.4. The maximum absolute atomic E-state index is 14.0. The molecule has 0 unspecified atom stereocenters. The Hall–Kier alpha value is -2.49. The van der Waals surface area contributed by atoms with Gasteiger partial charge in [-0.25, -0.2) is 9.18 Å². The first kappa shape index (κ1) is 20.8. The van der Waals surface area contributed by atoms with Crippen LogP contribution < -0.4 is 10.6 Å². The van der Waals surface area contributed by atoms with Crippen LogP contribution in [-0.2, 0) is 24.1 Å². The van der Waals surface area contributed by atoms with E-state index in [1.165, 1.54) is 29.4 Å². The first-order valence-electron chi connectivity index (χ1n) is 9.23. The normalized spacial score (nSPS) is 12.5. The van der Waals surface area contributed by atoms with E-state index in [4.69, 9.17) is 28.6 Å². The lowest BCUT2D eigenvalue weighted by Gasteiger charge is -2.10. The number of nitrogens with one attached hydrogen (secondary N) is 2. The fraction of sp³-hybridized carbons (Fsp3) is 0.250. The topological polar surface area (TPSA) is 68.2 Å². The zero-order chi connectivity index (χ0) is 21.3. The van der Waals surface area contributed by atoms with Gasteiger partial charge in [0.1, 0.15) is 10.8 Å². The molecule has 4 rings (SSSR count). The fourth-order valence-corrected chi connectivity index (χ4v) is 5.20. The number of thiophene rings is 1. The number of carbonyl (C=O) groups is 1. The summed E-state index contributed by atoms with van der Waals surface area (Å²) >= 11 is 13.0. The molecule has 0 aliphatic heterocycles. The highest BCUT2D eigenvalue weighted by Gasteiger charge is 2.27. The molecule has 3 aromatic rings. The van der Waals surface area contributed by atoms with Crippen LogP contribution in [0.5, 0.6) is 0 Å². The number of nitrogens with zero attached hydrogens (tertiary/aromatic N) is 2. The Morgan fingerprint density at radius 1 is 1.37 bits per heavy atom. The maximum atomic E-state index is 14.0. The van der Waals surface area contributed by atoms with E-state index in [0.29, 0.717) is 32.1 Å². The largest absolute Gasteiger partial charge is 0.465 e. The summed E-state index contributed by atoms with van der Waals surface area (Å²) in [6, 6.07) is 6.28. The van der Waals surface area contributed by atoms with Crippen LogP contribution in [0.15, 0.2) is 30.5 Å². The molecule has 2 aromatic heterocycles. The molecule has 156 valence electrons. The number of halogens is 2. The summed E-state index contributed by atoms with van der Waals surface area (Å²) in [4.78, 5) is 13.4. The Balaban J connectivity index is 1.45. The minimum absolute atomic E-state index is 0.192. The third-order valence-electron chi connectivity index (χ3n) is 4.80. The predicted octanol–water partition coefficient (Wildman–Crippen LogP) is 4.87. The standard InChI is InChI=1S/C20H18ClFN4O2S2/c1-28-19(27)17-11-4-2-7-15(11)30-18(17)24-20(29)23-16-8-9-26(25-16)10-12-13(21)5-3-6-14(12)22/h3,5-6,8-9H,2,4,7,10H2,1H3,(H2,23,24,25,29). The van der Waals surface area contributed by atoms with Crippen molar-refractivity contribution in [1.82, 2.24) is 9.78 Å². The molecule has 30 heavy (non-hydrogen) atoms. The highest BCUT2D eigenvalue weighted by Crippen LogP contribution is 2.39. The second-order valence-electron chi connectivity index (χ2n) is 6.73. The molecule has 1 aliphatic rings. The average molecular weight is 465 g/mol. The molecule has 0 saturated carbocycles. The van der Waals surface area contributed by atoms with E-state index in [2.05, 4.69) is 15.7 Å². The van der Waals surface area contributed by atoms with Gasteiger partial charge in [-0.15, -0.1) is 11.3 Å². The molecule has 0 fully saturated rings. The van der Waals surface area contributed by atoms with Crippen LogP contribution in [0, 0.1) is 5.82 Å². The Labute approximate surface area is 187 Å². The number of methoxy groups -OCH3 is 1. The highest BCUT2D eigenvalue weighted by atomic mass is 35.5. The van der Waals surface area contributed by atoms with E-state index in [-0.39, 0.29) is 18.3 Å². The molecule has 0 spiro atoms. The van der Waals surface area contributed by atoms with Crippen molar-refractivity contribution in [2.75, 3.05) is 17.7 Å². The molecule has 10 heteroatoms. The van der Waals surface area contributed by atoms with Crippen molar-refractivity contribution in [3.63, 3.8) is 0 Å². The molecule has 6 nitrogen and oxygen atoms in total. The van der Waals surface area contributed by atoms with Crippen LogP contribution in [0.3, 0.4) is 0 Å². The quantitative estimate of drug-likeness (QED) is 0.415. The highest BCUT2D eigenvalue weighted by molar-refractivity contribution is 7.80. The Kier molecular flexibility index (Phi) is 6.03. The number of benzene rings is 1. The number of hydrogen-bond acceptors (Lipinski definition) is 5. The number of hydrogen-bond donors (Lipinski definition) is 2. The third kappa shape index (κ3) is 4.19. The van der Waals surface area contributed by atoms with Crippen molar-refractivity contribution >= 4 is 57.1 Å². The van der Waals surface area contributed by atoms with Crippen molar-refractivity contribution < 1.29 is 13.9 Å². The number of esters is 1. The van der Waals surface area contributed by atoms with Crippen molar-refractivity contribution in [1.29, 1.82) is 0 Å². The SMILES string of the molecule is COC(=O)c1c(NC(=S)Nc2ccn(Cc3c(F)cccc3Cl)n2)sc2c1CCC2. The lowest BCUT2D eigenvalue weighted by Crippen LogP contribution is -2.20. The van der Waals surface area contributed by atoms with Gasteiger partial charge in [0.05, 0.1) is 19.2 Å². The number of aromatic nitrogens is 2. The first-order chi connectivity index (χ1) is 14.5. The van der Waals surface area contributed by atoms with Crippen LogP contribution in [0.2, 0.25) is 5.02 Å². The summed E-state index contributed by atoms with van der Waals surface area (Å²) in [5.74, 6) is -0.264. The van der Waals surface area contributed by atoms with Crippen LogP contribution in [0.4, 0.5) is 15.2 Å². The number of fused-ring (bicyclic) bond motifs is 1. The first-order valence-corrected chi connectivity index (χ1v) is 10.8. The fourth-order valence-electron chi connectivity index (χ4n) is 3.42. The van der Waals surface area contributed by atoms with Gasteiger partial charge >= 0.3 is 5.97 Å². The van der Waals surface area contributed by atoms with Gasteiger partial charge in [-0.05, 0) is 49.2 Å². The number of aryl methyl sites for hydroxylation is 1. The van der Waals surface area contributed by atoms with Crippen molar-refractivity contribution in [2.45, 2.75) is 25.8 Å². The van der Waals surface area contributed by atoms with Crippen LogP contribution >= 0.6 is 35.2 Å². The van der Waals surface area contributed by atoms with E-state index < -0.39 is 0 Å². The van der Waals surface area contributed by atoms with Gasteiger partial charge in [0, 0.05) is 27.7 Å². The molecule has 2 N–H and O–H groups in total. The van der Waals surface area contributed by atoms with Gasteiger partial charge in [-0.3, -0.25) is 4.68 Å². The molecule has 1 aliphatic carbocycles. The van der Waals surface area contributed by atoms with E-state index >= 15 is 0 Å². The molecular formula is C20H18ClFN4O2S2. The molecule has 0 bridgehead atoms. The maximum Gasteiger partial charge on any atom is 0.341 e. The molecule has 0 atom stereocenters. The number of thiocarbonyl (C=S) groups is 1. The van der Waals surface area contributed by atoms with Gasteiger partial charge in [0.15, 0.2) is 10.9 Å². The average Bonchev–Trinajstić information content (AvgIpc) is 3.40. The molecule has 2 heterocycles. The summed E-state index contributed by atoms with van der Waals surface area (Å²) in [6.45, 7) is 0.192. The van der Waals surface area contributed by atoms with E-state index in [1.54, 1.807) is 29.1 Å². The summed E-state index contributed by atoms with van der Waals surface area (Å²) in [7, 11) is 1.37. The minimum Gasteiger partial charge on any atom is -0.465 e. The van der Waals surface area contributed by atoms with Crippen molar-refractivity contribution in [3.05, 3.63) is 62.9 Å². The second kappa shape index (κ2) is 8.71. The minimum atomic E-state index is -0.384. The Bertz CT molecular complexity index is 1110.